The lowest BCUT2D eigenvalue weighted by atomic mass is 10.2. The van der Waals surface area contributed by atoms with E-state index in [4.69, 9.17) is 10.5 Å². The second-order valence-corrected chi connectivity index (χ2v) is 4.35. The van der Waals surface area contributed by atoms with Gasteiger partial charge in [0.05, 0.1) is 0 Å². The summed E-state index contributed by atoms with van der Waals surface area (Å²) in [6.07, 6.45) is 2.56. The van der Waals surface area contributed by atoms with Gasteiger partial charge in [0.1, 0.15) is 18.2 Å². The number of ether oxygens (including phenoxy) is 1. The molecule has 17 heavy (non-hydrogen) atoms. The highest BCUT2D eigenvalue weighted by atomic mass is 19.1. The van der Waals surface area contributed by atoms with Crippen LogP contribution in [0, 0.1) is 5.82 Å². The Labute approximate surface area is 101 Å². The van der Waals surface area contributed by atoms with Gasteiger partial charge in [-0.15, -0.1) is 0 Å². The summed E-state index contributed by atoms with van der Waals surface area (Å²) < 4.78 is 18.9. The van der Waals surface area contributed by atoms with E-state index in [-0.39, 0.29) is 12.4 Å². The van der Waals surface area contributed by atoms with E-state index >= 15 is 0 Å². The molecule has 0 atom stereocenters. The predicted molar refractivity (Wildman–Crippen MR) is 65.5 cm³/mol. The highest BCUT2D eigenvalue weighted by Gasteiger charge is 2.11. The van der Waals surface area contributed by atoms with Gasteiger partial charge in [0.25, 0.3) is 0 Å². The first kappa shape index (κ1) is 12.3. The summed E-state index contributed by atoms with van der Waals surface area (Å²) >= 11 is 0. The van der Waals surface area contributed by atoms with Crippen molar-refractivity contribution in [3.63, 3.8) is 0 Å². The van der Waals surface area contributed by atoms with Gasteiger partial charge in [-0.3, -0.25) is 4.90 Å². The van der Waals surface area contributed by atoms with Crippen molar-refractivity contribution in [2.24, 2.45) is 5.73 Å². The molecule has 0 spiro atoms. The second-order valence-electron chi connectivity index (χ2n) is 4.35. The Morgan fingerprint density at radius 2 is 2.06 bits per heavy atom. The quantitative estimate of drug-likeness (QED) is 0.849. The number of nitrogens with zero attached hydrogens (tertiary/aromatic N) is 1. The van der Waals surface area contributed by atoms with Crippen LogP contribution in [0.2, 0.25) is 0 Å². The molecular weight excluding hydrogens is 219 g/mol. The Kier molecular flexibility index (Phi) is 4.34. The van der Waals surface area contributed by atoms with Crippen LogP contribution >= 0.6 is 0 Å². The van der Waals surface area contributed by atoms with Crippen molar-refractivity contribution in [1.29, 1.82) is 0 Å². The molecule has 0 unspecified atom stereocenters. The van der Waals surface area contributed by atoms with Crippen LogP contribution in [0.1, 0.15) is 18.4 Å². The molecule has 0 radical (unpaired) electrons. The minimum absolute atomic E-state index is 0.222. The highest BCUT2D eigenvalue weighted by Crippen LogP contribution is 2.16. The van der Waals surface area contributed by atoms with Crippen molar-refractivity contribution in [3.05, 3.63) is 29.6 Å². The molecule has 0 amide bonds. The molecule has 94 valence electrons. The number of rotatable bonds is 5. The van der Waals surface area contributed by atoms with Crippen molar-refractivity contribution in [1.82, 2.24) is 4.90 Å². The fourth-order valence-electron chi connectivity index (χ4n) is 2.08. The summed E-state index contributed by atoms with van der Waals surface area (Å²) in [6, 6.07) is 4.86. The van der Waals surface area contributed by atoms with Crippen molar-refractivity contribution in [3.8, 4) is 5.75 Å². The minimum atomic E-state index is -0.286. The zero-order valence-electron chi connectivity index (χ0n) is 9.99. The van der Waals surface area contributed by atoms with Gasteiger partial charge in [-0.25, -0.2) is 4.39 Å². The third kappa shape index (κ3) is 3.41. The molecule has 2 N–H and O–H groups in total. The maximum atomic E-state index is 13.4. The largest absolute Gasteiger partial charge is 0.492 e. The summed E-state index contributed by atoms with van der Waals surface area (Å²) in [4.78, 5) is 2.37. The van der Waals surface area contributed by atoms with Crippen LogP contribution in [-0.4, -0.2) is 31.1 Å². The highest BCUT2D eigenvalue weighted by molar-refractivity contribution is 5.28. The Balaban J connectivity index is 1.80. The maximum absolute atomic E-state index is 13.4. The van der Waals surface area contributed by atoms with Crippen molar-refractivity contribution in [2.75, 3.05) is 26.2 Å². The third-order valence-corrected chi connectivity index (χ3v) is 3.12. The lowest BCUT2D eigenvalue weighted by Crippen LogP contribution is -2.25. The van der Waals surface area contributed by atoms with E-state index in [1.807, 2.05) is 0 Å². The van der Waals surface area contributed by atoms with Crippen LogP contribution in [0.15, 0.2) is 18.2 Å². The number of nitrogens with two attached hydrogens (primary N) is 1. The zero-order valence-corrected chi connectivity index (χ0v) is 9.99. The molecule has 0 saturated carbocycles. The smallest absolute Gasteiger partial charge is 0.131 e. The maximum Gasteiger partial charge on any atom is 0.131 e. The van der Waals surface area contributed by atoms with Crippen molar-refractivity contribution < 1.29 is 9.13 Å². The van der Waals surface area contributed by atoms with E-state index < -0.39 is 0 Å². The van der Waals surface area contributed by atoms with E-state index in [9.17, 15) is 4.39 Å². The molecule has 0 bridgehead atoms. The Hall–Kier alpha value is -1.13. The molecule has 1 aromatic rings. The summed E-state index contributed by atoms with van der Waals surface area (Å²) in [6.45, 7) is 4.06. The molecule has 1 aliphatic rings. The summed E-state index contributed by atoms with van der Waals surface area (Å²) in [5, 5.41) is 0. The first-order valence-electron chi connectivity index (χ1n) is 6.13. The van der Waals surface area contributed by atoms with Gasteiger partial charge >= 0.3 is 0 Å². The van der Waals surface area contributed by atoms with Crippen molar-refractivity contribution >= 4 is 0 Å². The first-order chi connectivity index (χ1) is 8.29. The predicted octanol–water partition coefficient (Wildman–Crippen LogP) is 1.76. The monoisotopic (exact) mass is 238 g/mol. The van der Waals surface area contributed by atoms with Crippen molar-refractivity contribution in [2.45, 2.75) is 19.4 Å². The van der Waals surface area contributed by atoms with Gasteiger partial charge in [0.15, 0.2) is 0 Å². The zero-order chi connectivity index (χ0) is 12.1. The molecule has 2 rings (SSSR count). The Morgan fingerprint density at radius 1 is 1.29 bits per heavy atom. The lowest BCUT2D eigenvalue weighted by molar-refractivity contribution is 0.237. The van der Waals surface area contributed by atoms with Crippen LogP contribution in [-0.2, 0) is 6.54 Å². The van der Waals surface area contributed by atoms with E-state index in [2.05, 4.69) is 4.90 Å². The van der Waals surface area contributed by atoms with Crippen LogP contribution < -0.4 is 10.5 Å². The molecule has 1 aliphatic heterocycles. The standard InChI is InChI=1S/C13H19FN2O/c14-13-9-12(4-3-11(13)10-15)17-8-7-16-5-1-2-6-16/h3-4,9H,1-2,5-8,10,15H2. The van der Waals surface area contributed by atoms with Crippen LogP contribution in [0.3, 0.4) is 0 Å². The third-order valence-electron chi connectivity index (χ3n) is 3.12. The molecule has 1 aromatic carbocycles. The minimum Gasteiger partial charge on any atom is -0.492 e. The molecular formula is C13H19FN2O. The first-order valence-corrected chi connectivity index (χ1v) is 6.13. The van der Waals surface area contributed by atoms with E-state index in [0.29, 0.717) is 17.9 Å². The average Bonchev–Trinajstić information content (AvgIpc) is 2.82. The number of likely N-dealkylation sites (tertiary alicyclic amines) is 1. The van der Waals surface area contributed by atoms with Gasteiger partial charge in [-0.2, -0.15) is 0 Å². The van der Waals surface area contributed by atoms with Gasteiger partial charge < -0.3 is 10.5 Å². The Bertz CT molecular complexity index is 364. The van der Waals surface area contributed by atoms with E-state index in [1.165, 1.54) is 18.9 Å². The molecule has 1 saturated heterocycles. The molecule has 1 fully saturated rings. The number of hydrogen-bond acceptors (Lipinski definition) is 3. The Morgan fingerprint density at radius 3 is 2.71 bits per heavy atom. The normalized spacial score (nSPS) is 16.4. The summed E-state index contributed by atoms with van der Waals surface area (Å²) in [5.41, 5.74) is 5.92. The topological polar surface area (TPSA) is 38.5 Å². The van der Waals surface area contributed by atoms with Crippen LogP contribution in [0.25, 0.3) is 0 Å². The molecule has 3 nitrogen and oxygen atoms in total. The molecule has 0 aliphatic carbocycles. The number of hydrogen-bond donors (Lipinski definition) is 1. The summed E-state index contributed by atoms with van der Waals surface area (Å²) in [7, 11) is 0. The number of benzene rings is 1. The fraction of sp³-hybridized carbons (Fsp3) is 0.538. The van der Waals surface area contributed by atoms with Gasteiger partial charge in [0, 0.05) is 24.7 Å². The lowest BCUT2D eigenvalue weighted by Gasteiger charge is -2.15. The summed E-state index contributed by atoms with van der Waals surface area (Å²) in [5.74, 6) is 0.296. The molecule has 0 aromatic heterocycles. The van der Waals surface area contributed by atoms with E-state index in [1.54, 1.807) is 12.1 Å². The fourth-order valence-corrected chi connectivity index (χ4v) is 2.08. The SMILES string of the molecule is NCc1ccc(OCCN2CCCC2)cc1F. The van der Waals surface area contributed by atoms with Gasteiger partial charge in [-0.05, 0) is 32.0 Å². The second kappa shape index (κ2) is 5.98. The van der Waals surface area contributed by atoms with Crippen LogP contribution in [0.5, 0.6) is 5.75 Å². The van der Waals surface area contributed by atoms with Gasteiger partial charge in [0.2, 0.25) is 0 Å². The molecule has 4 heteroatoms. The number of halogens is 1. The van der Waals surface area contributed by atoms with Crippen LogP contribution in [0.4, 0.5) is 4.39 Å². The molecule has 1 heterocycles. The van der Waals surface area contributed by atoms with Gasteiger partial charge in [-0.1, -0.05) is 6.07 Å². The van der Waals surface area contributed by atoms with E-state index in [0.717, 1.165) is 19.6 Å². The average molecular weight is 238 g/mol.